The molecule has 0 spiro atoms. The van der Waals surface area contributed by atoms with Crippen molar-refractivity contribution in [1.29, 1.82) is 0 Å². The van der Waals surface area contributed by atoms with Gasteiger partial charge in [0.25, 0.3) is 5.91 Å². The first kappa shape index (κ1) is 16.0. The average Bonchev–Trinajstić information content (AvgIpc) is 2.87. The minimum Gasteiger partial charge on any atom is -0.484 e. The van der Waals surface area contributed by atoms with Crippen LogP contribution in [0.25, 0.3) is 0 Å². The van der Waals surface area contributed by atoms with Crippen molar-refractivity contribution in [2.24, 2.45) is 11.8 Å². The Morgan fingerprint density at radius 1 is 1.32 bits per heavy atom. The second-order valence-corrected chi connectivity index (χ2v) is 5.59. The van der Waals surface area contributed by atoms with Gasteiger partial charge in [-0.2, -0.15) is 0 Å². The number of ether oxygens (including phenoxy) is 1. The standard InChI is InChI=1S/C16H19NO5/c1-10-7-17(8-14(10)16(20)21)15(19)9-22-13-5-3-4-12(6-13)11(2)18/h3-6,10,14H,7-9H2,1-2H3,(H,20,21)/t10-,14-/m1/s1. The normalized spacial score (nSPS) is 20.7. The molecule has 22 heavy (non-hydrogen) atoms. The summed E-state index contributed by atoms with van der Waals surface area (Å²) in [5.41, 5.74) is 0.519. The molecule has 6 nitrogen and oxygen atoms in total. The number of likely N-dealkylation sites (tertiary alicyclic amines) is 1. The second kappa shape index (κ2) is 6.60. The van der Waals surface area contributed by atoms with Gasteiger partial charge in [-0.05, 0) is 25.0 Å². The van der Waals surface area contributed by atoms with Crippen LogP contribution in [-0.4, -0.2) is 47.4 Å². The number of ketones is 1. The zero-order valence-electron chi connectivity index (χ0n) is 12.6. The minimum absolute atomic E-state index is 0.0671. The fraction of sp³-hybridized carbons (Fsp3) is 0.438. The molecule has 1 fully saturated rings. The Kier molecular flexibility index (Phi) is 4.80. The zero-order chi connectivity index (χ0) is 16.3. The van der Waals surface area contributed by atoms with Crippen LogP contribution in [0.4, 0.5) is 0 Å². The summed E-state index contributed by atoms with van der Waals surface area (Å²) in [6.07, 6.45) is 0. The molecule has 0 bridgehead atoms. The molecule has 6 heteroatoms. The van der Waals surface area contributed by atoms with Gasteiger partial charge in [-0.1, -0.05) is 19.1 Å². The molecule has 2 rings (SSSR count). The molecule has 0 aromatic heterocycles. The Morgan fingerprint density at radius 2 is 2.05 bits per heavy atom. The minimum atomic E-state index is -0.877. The first-order valence-corrected chi connectivity index (χ1v) is 7.13. The van der Waals surface area contributed by atoms with Gasteiger partial charge in [-0.3, -0.25) is 14.4 Å². The van der Waals surface area contributed by atoms with Gasteiger partial charge in [-0.15, -0.1) is 0 Å². The van der Waals surface area contributed by atoms with E-state index in [2.05, 4.69) is 0 Å². The molecule has 1 aromatic carbocycles. The van der Waals surface area contributed by atoms with Crippen molar-refractivity contribution < 1.29 is 24.2 Å². The van der Waals surface area contributed by atoms with E-state index >= 15 is 0 Å². The first-order valence-electron chi connectivity index (χ1n) is 7.13. The Bertz CT molecular complexity index is 598. The van der Waals surface area contributed by atoms with Crippen LogP contribution in [0, 0.1) is 11.8 Å². The van der Waals surface area contributed by atoms with Gasteiger partial charge in [0.15, 0.2) is 12.4 Å². The molecule has 0 radical (unpaired) electrons. The molecule has 0 unspecified atom stereocenters. The van der Waals surface area contributed by atoms with Crippen molar-refractivity contribution in [3.63, 3.8) is 0 Å². The van der Waals surface area contributed by atoms with E-state index < -0.39 is 11.9 Å². The molecule has 1 aliphatic heterocycles. The summed E-state index contributed by atoms with van der Waals surface area (Å²) in [4.78, 5) is 36.0. The van der Waals surface area contributed by atoms with Gasteiger partial charge in [0.1, 0.15) is 5.75 Å². The van der Waals surface area contributed by atoms with Crippen LogP contribution in [0.15, 0.2) is 24.3 Å². The van der Waals surface area contributed by atoms with Crippen LogP contribution >= 0.6 is 0 Å². The van der Waals surface area contributed by atoms with E-state index in [9.17, 15) is 14.4 Å². The molecule has 2 atom stereocenters. The third kappa shape index (κ3) is 3.63. The summed E-state index contributed by atoms with van der Waals surface area (Å²) in [5.74, 6) is -1.34. The molecule has 0 saturated carbocycles. The highest BCUT2D eigenvalue weighted by Crippen LogP contribution is 2.23. The lowest BCUT2D eigenvalue weighted by Crippen LogP contribution is -2.33. The van der Waals surface area contributed by atoms with Crippen LogP contribution in [-0.2, 0) is 9.59 Å². The number of rotatable bonds is 5. The van der Waals surface area contributed by atoms with Crippen LogP contribution in [0.5, 0.6) is 5.75 Å². The molecular weight excluding hydrogens is 286 g/mol. The van der Waals surface area contributed by atoms with E-state index in [1.165, 1.54) is 11.8 Å². The molecular formula is C16H19NO5. The maximum atomic E-state index is 12.1. The Morgan fingerprint density at radius 3 is 2.64 bits per heavy atom. The van der Waals surface area contributed by atoms with Crippen LogP contribution < -0.4 is 4.74 Å². The van der Waals surface area contributed by atoms with Gasteiger partial charge in [-0.25, -0.2) is 0 Å². The SMILES string of the molecule is CC(=O)c1cccc(OCC(=O)N2C[C@@H](C)[C@H](C(=O)O)C2)c1. The molecule has 118 valence electrons. The van der Waals surface area contributed by atoms with Gasteiger partial charge in [0.2, 0.25) is 0 Å². The summed E-state index contributed by atoms with van der Waals surface area (Å²) in [6.45, 7) is 3.75. The number of carboxylic acids is 1. The van der Waals surface area contributed by atoms with Crippen molar-refractivity contribution in [3.05, 3.63) is 29.8 Å². The van der Waals surface area contributed by atoms with Gasteiger partial charge >= 0.3 is 5.97 Å². The maximum absolute atomic E-state index is 12.1. The molecule has 1 N–H and O–H groups in total. The van der Waals surface area contributed by atoms with E-state index in [0.29, 0.717) is 17.9 Å². The summed E-state index contributed by atoms with van der Waals surface area (Å²) in [6, 6.07) is 6.63. The number of nitrogens with zero attached hydrogens (tertiary/aromatic N) is 1. The number of benzene rings is 1. The lowest BCUT2D eigenvalue weighted by molar-refractivity contribution is -0.142. The number of carboxylic acid groups (broad SMARTS) is 1. The van der Waals surface area contributed by atoms with Crippen molar-refractivity contribution >= 4 is 17.7 Å². The summed E-state index contributed by atoms with van der Waals surface area (Å²) < 4.78 is 5.41. The highest BCUT2D eigenvalue weighted by molar-refractivity contribution is 5.94. The van der Waals surface area contributed by atoms with Gasteiger partial charge in [0, 0.05) is 18.7 Å². The van der Waals surface area contributed by atoms with E-state index in [4.69, 9.17) is 9.84 Å². The van der Waals surface area contributed by atoms with Crippen LogP contribution in [0.2, 0.25) is 0 Å². The molecule has 1 aromatic rings. The summed E-state index contributed by atoms with van der Waals surface area (Å²) >= 11 is 0. The molecule has 1 heterocycles. The highest BCUT2D eigenvalue weighted by atomic mass is 16.5. The Hall–Kier alpha value is -2.37. The quantitative estimate of drug-likeness (QED) is 0.832. The third-order valence-electron chi connectivity index (χ3n) is 3.89. The van der Waals surface area contributed by atoms with Gasteiger partial charge in [0.05, 0.1) is 5.92 Å². The second-order valence-electron chi connectivity index (χ2n) is 5.59. The van der Waals surface area contributed by atoms with E-state index in [1.807, 2.05) is 6.92 Å². The van der Waals surface area contributed by atoms with Crippen molar-refractivity contribution in [2.75, 3.05) is 19.7 Å². The number of carbonyl (C=O) groups is 3. The van der Waals surface area contributed by atoms with Crippen molar-refractivity contribution in [2.45, 2.75) is 13.8 Å². The average molecular weight is 305 g/mol. The van der Waals surface area contributed by atoms with E-state index in [0.717, 1.165) is 0 Å². The highest BCUT2D eigenvalue weighted by Gasteiger charge is 2.36. The summed E-state index contributed by atoms with van der Waals surface area (Å²) in [5, 5.41) is 9.07. The number of Topliss-reactive ketones (excluding diaryl/α,β-unsaturated/α-hetero) is 1. The summed E-state index contributed by atoms with van der Waals surface area (Å²) in [7, 11) is 0. The number of aliphatic carboxylic acids is 1. The Labute approximate surface area is 128 Å². The number of hydrogen-bond acceptors (Lipinski definition) is 4. The molecule has 0 aliphatic carbocycles. The van der Waals surface area contributed by atoms with E-state index in [1.54, 1.807) is 24.3 Å². The Balaban J connectivity index is 1.92. The predicted molar refractivity (Wildman–Crippen MR) is 78.8 cm³/mol. The molecule has 1 amide bonds. The van der Waals surface area contributed by atoms with E-state index in [-0.39, 0.29) is 30.8 Å². The monoisotopic (exact) mass is 305 g/mol. The number of hydrogen-bond donors (Lipinski definition) is 1. The fourth-order valence-corrected chi connectivity index (χ4v) is 2.53. The maximum Gasteiger partial charge on any atom is 0.308 e. The molecule has 1 aliphatic rings. The largest absolute Gasteiger partial charge is 0.484 e. The van der Waals surface area contributed by atoms with Crippen molar-refractivity contribution in [3.8, 4) is 5.75 Å². The smallest absolute Gasteiger partial charge is 0.308 e. The lowest BCUT2D eigenvalue weighted by atomic mass is 9.99. The topological polar surface area (TPSA) is 83.9 Å². The first-order chi connectivity index (χ1) is 10.4. The predicted octanol–water partition coefficient (Wildman–Crippen LogP) is 1.45. The number of carbonyl (C=O) groups excluding carboxylic acids is 2. The van der Waals surface area contributed by atoms with Crippen LogP contribution in [0.1, 0.15) is 24.2 Å². The molecule has 1 saturated heterocycles. The van der Waals surface area contributed by atoms with Gasteiger partial charge < -0.3 is 14.7 Å². The fourth-order valence-electron chi connectivity index (χ4n) is 2.53. The zero-order valence-corrected chi connectivity index (χ0v) is 12.6. The third-order valence-corrected chi connectivity index (χ3v) is 3.89. The van der Waals surface area contributed by atoms with Crippen LogP contribution in [0.3, 0.4) is 0 Å². The van der Waals surface area contributed by atoms with Crippen molar-refractivity contribution in [1.82, 2.24) is 4.90 Å². The number of amides is 1. The lowest BCUT2D eigenvalue weighted by Gasteiger charge is -2.16.